The Balaban J connectivity index is 2.46. The highest BCUT2D eigenvalue weighted by Gasteiger charge is 2.63. The van der Waals surface area contributed by atoms with Crippen LogP contribution in [0, 0.1) is 17.3 Å². The van der Waals surface area contributed by atoms with E-state index < -0.39 is 17.4 Å². The van der Waals surface area contributed by atoms with E-state index in [9.17, 15) is 9.59 Å². The molecule has 0 spiro atoms. The molecule has 0 aromatic rings. The van der Waals surface area contributed by atoms with Crippen molar-refractivity contribution in [2.45, 2.75) is 31.8 Å². The van der Waals surface area contributed by atoms with E-state index >= 15 is 0 Å². The van der Waals surface area contributed by atoms with Gasteiger partial charge in [0.1, 0.15) is 0 Å². The van der Waals surface area contributed by atoms with Crippen molar-refractivity contribution < 1.29 is 23.8 Å². The van der Waals surface area contributed by atoms with Gasteiger partial charge in [0.25, 0.3) is 0 Å². The zero-order valence-electron chi connectivity index (χ0n) is 12.3. The highest BCUT2D eigenvalue weighted by atomic mass is 16.5. The van der Waals surface area contributed by atoms with Gasteiger partial charge in [-0.25, -0.2) is 0 Å². The van der Waals surface area contributed by atoms with Gasteiger partial charge < -0.3 is 14.2 Å². The first kappa shape index (κ1) is 15.0. The summed E-state index contributed by atoms with van der Waals surface area (Å²) in [5.41, 5.74) is -0.361. The lowest BCUT2D eigenvalue weighted by Crippen LogP contribution is -2.48. The van der Waals surface area contributed by atoms with E-state index in [0.29, 0.717) is 6.42 Å². The summed E-state index contributed by atoms with van der Waals surface area (Å²) in [6.45, 7) is 4.07. The molecule has 0 heterocycles. The molecule has 112 valence electrons. The summed E-state index contributed by atoms with van der Waals surface area (Å²) in [5.74, 6) is -1.16. The zero-order valence-corrected chi connectivity index (χ0v) is 12.3. The van der Waals surface area contributed by atoms with Crippen LogP contribution < -0.4 is 0 Å². The third-order valence-corrected chi connectivity index (χ3v) is 4.85. The molecule has 0 bridgehead atoms. The fraction of sp³-hybridized carbons (Fsp3) is 0.733. The van der Waals surface area contributed by atoms with Crippen LogP contribution in [0.2, 0.25) is 0 Å². The van der Waals surface area contributed by atoms with Crippen LogP contribution in [0.4, 0.5) is 0 Å². The van der Waals surface area contributed by atoms with Crippen LogP contribution >= 0.6 is 0 Å². The Hall–Kier alpha value is -1.36. The second-order valence-electron chi connectivity index (χ2n) is 5.63. The highest BCUT2D eigenvalue weighted by Crippen LogP contribution is 2.57. The highest BCUT2D eigenvalue weighted by molar-refractivity contribution is 6.01. The van der Waals surface area contributed by atoms with Crippen molar-refractivity contribution in [3.63, 3.8) is 0 Å². The van der Waals surface area contributed by atoms with Crippen molar-refractivity contribution in [3.05, 3.63) is 12.2 Å². The Kier molecular flexibility index (Phi) is 4.18. The molecule has 3 atom stereocenters. The van der Waals surface area contributed by atoms with E-state index in [1.807, 2.05) is 0 Å². The molecule has 2 saturated carbocycles. The summed E-state index contributed by atoms with van der Waals surface area (Å²) < 4.78 is 15.3. The molecule has 2 aliphatic rings. The van der Waals surface area contributed by atoms with Gasteiger partial charge in [0, 0.05) is 13.0 Å². The maximum atomic E-state index is 12.3. The van der Waals surface area contributed by atoms with E-state index in [1.165, 1.54) is 14.2 Å². The molecule has 0 unspecified atom stereocenters. The molecule has 2 fully saturated rings. The quantitative estimate of drug-likeness (QED) is 0.448. The molecule has 0 aromatic heterocycles. The minimum atomic E-state index is -1.25. The van der Waals surface area contributed by atoms with Crippen LogP contribution in [0.15, 0.2) is 12.2 Å². The Morgan fingerprint density at radius 3 is 2.25 bits per heavy atom. The number of esters is 2. The van der Waals surface area contributed by atoms with Crippen LogP contribution in [-0.2, 0) is 23.8 Å². The van der Waals surface area contributed by atoms with E-state index in [4.69, 9.17) is 14.2 Å². The van der Waals surface area contributed by atoms with Crippen molar-refractivity contribution in [2.24, 2.45) is 17.3 Å². The molecule has 2 rings (SSSR count). The maximum absolute atomic E-state index is 12.3. The van der Waals surface area contributed by atoms with E-state index in [1.54, 1.807) is 7.11 Å². The Morgan fingerprint density at radius 2 is 1.75 bits per heavy atom. The first-order valence-electron chi connectivity index (χ1n) is 6.90. The van der Waals surface area contributed by atoms with Crippen LogP contribution in [0.3, 0.4) is 0 Å². The SMILES string of the molecule is C=C1CC(C(=O)OC)(C(=O)OC)[C@H]2CCC[C@H](OC)[C@H]12. The average molecular weight is 282 g/mol. The number of carbonyl (C=O) groups excluding carboxylic acids is 2. The largest absolute Gasteiger partial charge is 0.468 e. The molecule has 0 aliphatic heterocycles. The number of hydrogen-bond donors (Lipinski definition) is 0. The van der Waals surface area contributed by atoms with E-state index in [-0.39, 0.29) is 17.9 Å². The molecule has 0 radical (unpaired) electrons. The number of carbonyl (C=O) groups is 2. The topological polar surface area (TPSA) is 61.8 Å². The second kappa shape index (κ2) is 5.56. The Morgan fingerprint density at radius 1 is 1.15 bits per heavy atom. The van der Waals surface area contributed by atoms with Gasteiger partial charge in [-0.3, -0.25) is 9.59 Å². The standard InChI is InChI=1S/C15H22O5/c1-9-8-15(13(16)19-3,14(17)20-4)10-6-5-7-11(18-2)12(9)10/h10-12H,1,5-8H2,2-4H3/t10-,11-,12+/m0/s1. The van der Waals surface area contributed by atoms with Gasteiger partial charge in [0.15, 0.2) is 5.41 Å². The van der Waals surface area contributed by atoms with Gasteiger partial charge in [-0.1, -0.05) is 18.6 Å². The Bertz CT molecular complexity index is 412. The van der Waals surface area contributed by atoms with Crippen molar-refractivity contribution in [3.8, 4) is 0 Å². The van der Waals surface area contributed by atoms with Gasteiger partial charge in [-0.2, -0.15) is 0 Å². The molecule has 20 heavy (non-hydrogen) atoms. The van der Waals surface area contributed by atoms with Crippen LogP contribution in [-0.4, -0.2) is 39.4 Å². The molecular weight excluding hydrogens is 260 g/mol. The summed E-state index contributed by atoms with van der Waals surface area (Å²) in [6.07, 6.45) is 2.94. The lowest BCUT2D eigenvalue weighted by molar-refractivity contribution is -0.174. The molecule has 5 heteroatoms. The van der Waals surface area contributed by atoms with Crippen molar-refractivity contribution in [2.75, 3.05) is 21.3 Å². The summed E-state index contributed by atoms with van der Waals surface area (Å²) >= 11 is 0. The van der Waals surface area contributed by atoms with Gasteiger partial charge in [-0.15, -0.1) is 0 Å². The molecule has 0 N–H and O–H groups in total. The van der Waals surface area contributed by atoms with Gasteiger partial charge in [0.2, 0.25) is 0 Å². The summed E-state index contributed by atoms with van der Waals surface area (Å²) in [7, 11) is 4.27. The number of rotatable bonds is 3. The van der Waals surface area contributed by atoms with Crippen molar-refractivity contribution in [1.29, 1.82) is 0 Å². The molecule has 0 aromatic carbocycles. The third kappa shape index (κ3) is 1.95. The predicted octanol–water partition coefficient (Wildman–Crippen LogP) is 1.71. The van der Waals surface area contributed by atoms with Gasteiger partial charge in [-0.05, 0) is 25.2 Å². The third-order valence-electron chi connectivity index (χ3n) is 4.85. The van der Waals surface area contributed by atoms with Crippen molar-refractivity contribution in [1.82, 2.24) is 0 Å². The maximum Gasteiger partial charge on any atom is 0.323 e. The molecule has 5 nitrogen and oxygen atoms in total. The van der Waals surface area contributed by atoms with Gasteiger partial charge >= 0.3 is 11.9 Å². The lowest BCUT2D eigenvalue weighted by Gasteiger charge is -2.38. The predicted molar refractivity (Wildman–Crippen MR) is 71.9 cm³/mol. The summed E-state index contributed by atoms with van der Waals surface area (Å²) in [6, 6.07) is 0. The van der Waals surface area contributed by atoms with Crippen LogP contribution in [0.1, 0.15) is 25.7 Å². The van der Waals surface area contributed by atoms with Crippen molar-refractivity contribution >= 4 is 11.9 Å². The number of ether oxygens (including phenoxy) is 3. The fourth-order valence-electron chi connectivity index (χ4n) is 4.02. The monoisotopic (exact) mass is 282 g/mol. The minimum Gasteiger partial charge on any atom is -0.468 e. The summed E-state index contributed by atoms with van der Waals surface area (Å²) in [4.78, 5) is 24.7. The van der Waals surface area contributed by atoms with E-state index in [0.717, 1.165) is 24.8 Å². The smallest absolute Gasteiger partial charge is 0.323 e. The van der Waals surface area contributed by atoms with E-state index in [2.05, 4.69) is 6.58 Å². The van der Waals surface area contributed by atoms with Crippen LogP contribution in [0.25, 0.3) is 0 Å². The second-order valence-corrected chi connectivity index (χ2v) is 5.63. The van der Waals surface area contributed by atoms with Gasteiger partial charge in [0.05, 0.1) is 20.3 Å². The average Bonchev–Trinajstić information content (AvgIpc) is 2.80. The number of methoxy groups -OCH3 is 3. The zero-order chi connectivity index (χ0) is 14.9. The lowest BCUT2D eigenvalue weighted by atomic mass is 9.68. The molecule has 2 aliphatic carbocycles. The first-order chi connectivity index (χ1) is 9.52. The molecular formula is C15H22O5. The number of hydrogen-bond acceptors (Lipinski definition) is 5. The minimum absolute atomic E-state index is 0.0115. The molecule has 0 saturated heterocycles. The Labute approximate surface area is 119 Å². The van der Waals surface area contributed by atoms with Crippen LogP contribution in [0.5, 0.6) is 0 Å². The molecule has 0 amide bonds. The number of fused-ring (bicyclic) bond motifs is 1. The fourth-order valence-corrected chi connectivity index (χ4v) is 4.02. The normalized spacial score (nSPS) is 31.6. The summed E-state index contributed by atoms with van der Waals surface area (Å²) in [5, 5.41) is 0. The first-order valence-corrected chi connectivity index (χ1v) is 6.90.